The third-order valence-corrected chi connectivity index (χ3v) is 6.39. The topological polar surface area (TPSA) is 97.0 Å². The van der Waals surface area contributed by atoms with E-state index in [-0.39, 0.29) is 41.2 Å². The number of anilines is 1. The Balaban J connectivity index is 2.04. The molecule has 0 bridgehead atoms. The SMILES string of the molecule is CC(C)CN(c1ccc(C(F)(F)F)cc1OCc1ccc(C(=O)O)cc1)S(=O)(=O)c1ccco1. The molecule has 0 saturated heterocycles. The number of benzene rings is 2. The van der Waals surface area contributed by atoms with Crippen molar-refractivity contribution in [1.82, 2.24) is 0 Å². The number of ether oxygens (including phenoxy) is 1. The fourth-order valence-corrected chi connectivity index (χ4v) is 4.64. The maximum Gasteiger partial charge on any atom is 0.416 e. The standard InChI is InChI=1S/C23H22F3NO6S/c1-15(2)13-27(34(30,31)21-4-3-11-32-21)19-10-9-18(23(24,25)26)12-20(19)33-14-16-5-7-17(8-6-16)22(28)29/h3-12,15H,13-14H2,1-2H3,(H,28,29). The van der Waals surface area contributed by atoms with Crippen LogP contribution in [-0.2, 0) is 22.8 Å². The highest BCUT2D eigenvalue weighted by molar-refractivity contribution is 7.92. The van der Waals surface area contributed by atoms with Gasteiger partial charge in [-0.15, -0.1) is 0 Å². The summed E-state index contributed by atoms with van der Waals surface area (Å²) in [5.74, 6) is -1.60. The van der Waals surface area contributed by atoms with Crippen LogP contribution < -0.4 is 9.04 Å². The minimum atomic E-state index is -4.68. The van der Waals surface area contributed by atoms with Crippen LogP contribution >= 0.6 is 0 Å². The summed E-state index contributed by atoms with van der Waals surface area (Å²) in [5.41, 5.74) is -0.568. The Kier molecular flexibility index (Phi) is 7.25. The van der Waals surface area contributed by atoms with Crippen LogP contribution in [0.4, 0.5) is 18.9 Å². The van der Waals surface area contributed by atoms with Crippen molar-refractivity contribution in [2.24, 2.45) is 5.92 Å². The highest BCUT2D eigenvalue weighted by atomic mass is 32.2. The second-order valence-corrected chi connectivity index (χ2v) is 9.63. The molecule has 0 aliphatic heterocycles. The maximum atomic E-state index is 13.4. The van der Waals surface area contributed by atoms with E-state index in [9.17, 15) is 26.4 Å². The molecule has 11 heteroatoms. The molecule has 0 spiro atoms. The van der Waals surface area contributed by atoms with Crippen LogP contribution in [0.5, 0.6) is 5.75 Å². The Bertz CT molecular complexity index is 1240. The van der Waals surface area contributed by atoms with Gasteiger partial charge in [0.25, 0.3) is 10.0 Å². The Morgan fingerprint density at radius 1 is 1.12 bits per heavy atom. The van der Waals surface area contributed by atoms with Gasteiger partial charge in [0.1, 0.15) is 12.4 Å². The summed E-state index contributed by atoms with van der Waals surface area (Å²) >= 11 is 0. The number of hydrogen-bond donors (Lipinski definition) is 1. The van der Waals surface area contributed by atoms with Gasteiger partial charge in [0, 0.05) is 6.54 Å². The van der Waals surface area contributed by atoms with Crippen LogP contribution in [0.1, 0.15) is 35.3 Å². The molecule has 3 aromatic rings. The summed E-state index contributed by atoms with van der Waals surface area (Å²) in [6.07, 6.45) is -3.49. The van der Waals surface area contributed by atoms with Crippen LogP contribution in [0.25, 0.3) is 0 Å². The fraction of sp³-hybridized carbons (Fsp3) is 0.261. The predicted molar refractivity (Wildman–Crippen MR) is 117 cm³/mol. The number of carboxylic acid groups (broad SMARTS) is 1. The Labute approximate surface area is 194 Å². The molecule has 1 heterocycles. The van der Waals surface area contributed by atoms with Gasteiger partial charge >= 0.3 is 12.1 Å². The van der Waals surface area contributed by atoms with Gasteiger partial charge in [-0.2, -0.15) is 21.6 Å². The molecule has 0 unspecified atom stereocenters. The number of furan rings is 1. The van der Waals surface area contributed by atoms with Crippen molar-refractivity contribution < 1.29 is 40.6 Å². The lowest BCUT2D eigenvalue weighted by atomic mass is 10.1. The number of rotatable bonds is 9. The molecule has 1 aromatic heterocycles. The number of carboxylic acids is 1. The number of hydrogen-bond acceptors (Lipinski definition) is 5. The van der Waals surface area contributed by atoms with Crippen molar-refractivity contribution in [3.05, 3.63) is 77.6 Å². The zero-order chi connectivity index (χ0) is 25.1. The van der Waals surface area contributed by atoms with Crippen molar-refractivity contribution in [1.29, 1.82) is 0 Å². The molecular weight excluding hydrogens is 475 g/mol. The van der Waals surface area contributed by atoms with Gasteiger partial charge in [-0.1, -0.05) is 26.0 Å². The first-order valence-corrected chi connectivity index (χ1v) is 11.6. The van der Waals surface area contributed by atoms with Crippen molar-refractivity contribution in [2.45, 2.75) is 31.7 Å². The lowest BCUT2D eigenvalue weighted by molar-refractivity contribution is -0.137. The molecule has 0 aliphatic rings. The minimum absolute atomic E-state index is 0.0381. The van der Waals surface area contributed by atoms with E-state index in [0.29, 0.717) is 5.56 Å². The zero-order valence-corrected chi connectivity index (χ0v) is 19.1. The zero-order valence-electron chi connectivity index (χ0n) is 18.2. The largest absolute Gasteiger partial charge is 0.487 e. The Hall–Kier alpha value is -3.47. The average Bonchev–Trinajstić information content (AvgIpc) is 3.31. The number of halogens is 3. The van der Waals surface area contributed by atoms with Gasteiger partial charge < -0.3 is 14.3 Å². The van der Waals surface area contributed by atoms with E-state index in [0.717, 1.165) is 22.5 Å². The lowest BCUT2D eigenvalue weighted by Gasteiger charge is -2.27. The van der Waals surface area contributed by atoms with Gasteiger partial charge in [0.2, 0.25) is 5.09 Å². The fourth-order valence-electron chi connectivity index (χ4n) is 3.09. The summed E-state index contributed by atoms with van der Waals surface area (Å²) < 4.78 is 78.3. The molecule has 0 fully saturated rings. The van der Waals surface area contributed by atoms with Gasteiger partial charge in [-0.3, -0.25) is 4.31 Å². The predicted octanol–water partition coefficient (Wildman–Crippen LogP) is 5.43. The van der Waals surface area contributed by atoms with E-state index in [1.165, 1.54) is 42.7 Å². The summed E-state index contributed by atoms with van der Waals surface area (Å²) in [6, 6.07) is 10.8. The second-order valence-electron chi connectivity index (χ2n) is 7.83. The molecule has 34 heavy (non-hydrogen) atoms. The summed E-state index contributed by atoms with van der Waals surface area (Å²) in [6.45, 7) is 3.27. The highest BCUT2D eigenvalue weighted by Crippen LogP contribution is 2.39. The third-order valence-electron chi connectivity index (χ3n) is 4.72. The van der Waals surface area contributed by atoms with Crippen molar-refractivity contribution in [3.63, 3.8) is 0 Å². The van der Waals surface area contributed by atoms with Crippen LogP contribution in [0.15, 0.2) is 70.4 Å². The Morgan fingerprint density at radius 3 is 2.32 bits per heavy atom. The average molecular weight is 497 g/mol. The van der Waals surface area contributed by atoms with Gasteiger partial charge in [-0.25, -0.2) is 4.79 Å². The van der Waals surface area contributed by atoms with Gasteiger partial charge in [0.15, 0.2) is 0 Å². The molecule has 1 N–H and O–H groups in total. The summed E-state index contributed by atoms with van der Waals surface area (Å²) in [7, 11) is -4.23. The molecule has 0 radical (unpaired) electrons. The molecule has 0 saturated carbocycles. The molecule has 3 rings (SSSR count). The Morgan fingerprint density at radius 2 is 1.79 bits per heavy atom. The molecule has 2 aromatic carbocycles. The molecule has 0 atom stereocenters. The van der Waals surface area contributed by atoms with Crippen molar-refractivity contribution >= 4 is 21.7 Å². The lowest BCUT2D eigenvalue weighted by Crippen LogP contribution is -2.34. The smallest absolute Gasteiger partial charge is 0.416 e. The van der Waals surface area contributed by atoms with Gasteiger partial charge in [-0.05, 0) is 53.9 Å². The molecular formula is C23H22F3NO6S. The van der Waals surface area contributed by atoms with E-state index in [4.69, 9.17) is 14.3 Å². The number of nitrogens with zero attached hydrogens (tertiary/aromatic N) is 1. The number of aromatic carboxylic acids is 1. The quantitative estimate of drug-likeness (QED) is 0.424. The maximum absolute atomic E-state index is 13.4. The van der Waals surface area contributed by atoms with Crippen molar-refractivity contribution in [2.75, 3.05) is 10.8 Å². The molecule has 0 aliphatic carbocycles. The first kappa shape index (κ1) is 25.2. The highest BCUT2D eigenvalue weighted by Gasteiger charge is 2.34. The number of sulfonamides is 1. The summed E-state index contributed by atoms with van der Waals surface area (Å²) in [5, 5.41) is 8.65. The van der Waals surface area contributed by atoms with Crippen LogP contribution in [0.3, 0.4) is 0 Å². The van der Waals surface area contributed by atoms with E-state index >= 15 is 0 Å². The monoisotopic (exact) mass is 497 g/mol. The van der Waals surface area contributed by atoms with E-state index in [1.54, 1.807) is 13.8 Å². The van der Waals surface area contributed by atoms with E-state index < -0.39 is 27.7 Å². The molecule has 7 nitrogen and oxygen atoms in total. The third kappa shape index (κ3) is 5.71. The number of carbonyl (C=O) groups is 1. The van der Waals surface area contributed by atoms with Crippen LogP contribution in [0.2, 0.25) is 0 Å². The first-order valence-electron chi connectivity index (χ1n) is 10.1. The number of alkyl halides is 3. The molecule has 182 valence electrons. The van der Waals surface area contributed by atoms with Gasteiger partial charge in [0.05, 0.1) is 23.1 Å². The normalized spacial score (nSPS) is 12.1. The first-order chi connectivity index (χ1) is 15.9. The van der Waals surface area contributed by atoms with Crippen molar-refractivity contribution in [3.8, 4) is 5.75 Å². The van der Waals surface area contributed by atoms with Crippen LogP contribution in [-0.4, -0.2) is 26.0 Å². The van der Waals surface area contributed by atoms with E-state index in [2.05, 4.69) is 0 Å². The minimum Gasteiger partial charge on any atom is -0.487 e. The van der Waals surface area contributed by atoms with E-state index in [1.807, 2.05) is 0 Å². The summed E-state index contributed by atoms with van der Waals surface area (Å²) in [4.78, 5) is 11.0. The van der Waals surface area contributed by atoms with Crippen LogP contribution in [0, 0.1) is 5.92 Å². The molecule has 0 amide bonds. The second kappa shape index (κ2) is 9.80.